The molecule has 156 valence electrons. The summed E-state index contributed by atoms with van der Waals surface area (Å²) in [5, 5.41) is 0. The number of ether oxygens (including phenoxy) is 1. The molecule has 2 rings (SSSR count). The summed E-state index contributed by atoms with van der Waals surface area (Å²) in [6.45, 7) is 4.94. The molecule has 8 nitrogen and oxygen atoms in total. The van der Waals surface area contributed by atoms with Crippen LogP contribution in [0.25, 0.3) is 0 Å². The fourth-order valence-electron chi connectivity index (χ4n) is 3.49. The lowest BCUT2D eigenvalue weighted by molar-refractivity contribution is -0.135. The molecule has 28 heavy (non-hydrogen) atoms. The van der Waals surface area contributed by atoms with E-state index in [2.05, 4.69) is 0 Å². The Morgan fingerprint density at radius 2 is 1.79 bits per heavy atom. The molecule has 0 spiro atoms. The third-order valence-corrected chi connectivity index (χ3v) is 6.10. The van der Waals surface area contributed by atoms with Crippen molar-refractivity contribution in [2.45, 2.75) is 39.2 Å². The van der Waals surface area contributed by atoms with Crippen molar-refractivity contribution < 1.29 is 22.7 Å². The molecule has 2 N–H and O–H groups in total. The molecule has 1 atom stereocenters. The van der Waals surface area contributed by atoms with E-state index < -0.39 is 16.1 Å². The molecule has 1 aliphatic heterocycles. The molecule has 9 heteroatoms. The van der Waals surface area contributed by atoms with Gasteiger partial charge >= 0.3 is 0 Å². The maximum Gasteiger partial charge on any atom is 0.246 e. The van der Waals surface area contributed by atoms with Gasteiger partial charge in [0.25, 0.3) is 0 Å². The van der Waals surface area contributed by atoms with E-state index in [-0.39, 0.29) is 17.7 Å². The number of piperidine rings is 1. The average Bonchev–Trinajstić information content (AvgIpc) is 2.65. The topological polar surface area (TPSA) is 110 Å². The summed E-state index contributed by atoms with van der Waals surface area (Å²) in [5.41, 5.74) is 5.76. The van der Waals surface area contributed by atoms with Gasteiger partial charge in [0, 0.05) is 19.0 Å². The quantitative estimate of drug-likeness (QED) is 0.694. The summed E-state index contributed by atoms with van der Waals surface area (Å²) in [4.78, 5) is 26.1. The molecule has 0 bridgehead atoms. The zero-order valence-corrected chi connectivity index (χ0v) is 17.4. The molecule has 0 saturated carbocycles. The van der Waals surface area contributed by atoms with Gasteiger partial charge in [-0.1, -0.05) is 6.92 Å². The largest absolute Gasteiger partial charge is 0.494 e. The molecule has 1 heterocycles. The lowest BCUT2D eigenvalue weighted by Gasteiger charge is -2.37. The number of nitrogens with two attached hydrogens (primary N) is 1. The Morgan fingerprint density at radius 3 is 2.21 bits per heavy atom. The molecule has 1 saturated heterocycles. The van der Waals surface area contributed by atoms with Crippen molar-refractivity contribution in [2.24, 2.45) is 11.7 Å². The Morgan fingerprint density at radius 1 is 1.21 bits per heavy atom. The normalized spacial score (nSPS) is 16.5. The van der Waals surface area contributed by atoms with E-state index in [9.17, 15) is 18.0 Å². The van der Waals surface area contributed by atoms with Crippen LogP contribution in [0.1, 0.15) is 33.1 Å². The first-order valence-corrected chi connectivity index (χ1v) is 11.3. The molecular formula is C19H29N3O5S. The Bertz CT molecular complexity index is 786. The molecule has 0 aromatic heterocycles. The fourth-order valence-corrected chi connectivity index (χ4v) is 4.70. The van der Waals surface area contributed by atoms with Crippen molar-refractivity contribution in [1.29, 1.82) is 0 Å². The van der Waals surface area contributed by atoms with Crippen LogP contribution in [0.5, 0.6) is 5.75 Å². The lowest BCUT2D eigenvalue weighted by Crippen LogP contribution is -2.53. The Labute approximate surface area is 166 Å². The maximum absolute atomic E-state index is 13.1. The summed E-state index contributed by atoms with van der Waals surface area (Å²) in [6, 6.07) is 5.81. The first kappa shape index (κ1) is 22.0. The lowest BCUT2D eigenvalue weighted by atomic mass is 9.95. The zero-order valence-electron chi connectivity index (χ0n) is 16.6. The van der Waals surface area contributed by atoms with Gasteiger partial charge in [0.05, 0.1) is 18.6 Å². The standard InChI is InChI=1S/C19H29N3O5S/c1-4-17(19(24)21-12-10-14(11-13-21)18(20)23)22(28(3,25)26)15-6-8-16(9-7-15)27-5-2/h6-9,14,17H,4-5,10-13H2,1-3H3,(H2,20,23)/t17-/m0/s1. The molecule has 0 radical (unpaired) electrons. The smallest absolute Gasteiger partial charge is 0.246 e. The van der Waals surface area contributed by atoms with Crippen LogP contribution in [-0.2, 0) is 19.6 Å². The van der Waals surface area contributed by atoms with E-state index in [4.69, 9.17) is 10.5 Å². The van der Waals surface area contributed by atoms with Crippen LogP contribution in [0.4, 0.5) is 5.69 Å². The van der Waals surface area contributed by atoms with E-state index in [0.717, 1.165) is 6.26 Å². The van der Waals surface area contributed by atoms with E-state index in [1.807, 2.05) is 6.92 Å². The first-order chi connectivity index (χ1) is 13.2. The van der Waals surface area contributed by atoms with Gasteiger partial charge in [-0.15, -0.1) is 0 Å². The van der Waals surface area contributed by atoms with Crippen LogP contribution in [0.3, 0.4) is 0 Å². The molecule has 1 aromatic carbocycles. The van der Waals surface area contributed by atoms with E-state index in [1.54, 1.807) is 36.1 Å². The number of anilines is 1. The number of sulfonamides is 1. The average molecular weight is 412 g/mol. The van der Waals surface area contributed by atoms with Crippen LogP contribution in [0.2, 0.25) is 0 Å². The number of carbonyl (C=O) groups excluding carboxylic acids is 2. The van der Waals surface area contributed by atoms with Gasteiger partial charge < -0.3 is 15.4 Å². The maximum atomic E-state index is 13.1. The van der Waals surface area contributed by atoms with E-state index in [0.29, 0.717) is 50.4 Å². The van der Waals surface area contributed by atoms with Crippen molar-refractivity contribution in [3.8, 4) is 5.75 Å². The second-order valence-corrected chi connectivity index (χ2v) is 8.77. The van der Waals surface area contributed by atoms with Gasteiger partial charge in [-0.05, 0) is 50.5 Å². The number of carbonyl (C=O) groups is 2. The van der Waals surface area contributed by atoms with Crippen LogP contribution in [0, 0.1) is 5.92 Å². The Balaban J connectivity index is 2.25. The second-order valence-electron chi connectivity index (χ2n) is 6.91. The predicted octanol–water partition coefficient (Wildman–Crippen LogP) is 1.35. The van der Waals surface area contributed by atoms with Gasteiger partial charge in [-0.3, -0.25) is 13.9 Å². The van der Waals surface area contributed by atoms with Gasteiger partial charge in [0.15, 0.2) is 0 Å². The fraction of sp³-hybridized carbons (Fsp3) is 0.579. The van der Waals surface area contributed by atoms with E-state index in [1.165, 1.54) is 4.31 Å². The van der Waals surface area contributed by atoms with Gasteiger partial charge in [0.2, 0.25) is 21.8 Å². The Kier molecular flexibility index (Phi) is 7.29. The summed E-state index contributed by atoms with van der Waals surface area (Å²) < 4.78 is 31.6. The number of likely N-dealkylation sites (tertiary alicyclic amines) is 1. The van der Waals surface area contributed by atoms with Crippen molar-refractivity contribution in [2.75, 3.05) is 30.3 Å². The van der Waals surface area contributed by atoms with Crippen molar-refractivity contribution in [3.05, 3.63) is 24.3 Å². The highest BCUT2D eigenvalue weighted by atomic mass is 32.2. The zero-order chi connectivity index (χ0) is 20.9. The van der Waals surface area contributed by atoms with Crippen molar-refractivity contribution in [3.63, 3.8) is 0 Å². The van der Waals surface area contributed by atoms with Gasteiger partial charge in [-0.2, -0.15) is 0 Å². The third-order valence-electron chi connectivity index (χ3n) is 4.92. The number of nitrogens with zero attached hydrogens (tertiary/aromatic N) is 2. The molecule has 0 aliphatic carbocycles. The molecular weight excluding hydrogens is 382 g/mol. The summed E-state index contributed by atoms with van der Waals surface area (Å²) in [7, 11) is -3.69. The van der Waals surface area contributed by atoms with Crippen molar-refractivity contribution in [1.82, 2.24) is 4.90 Å². The number of rotatable bonds is 8. The molecule has 1 aromatic rings. The minimum Gasteiger partial charge on any atom is -0.494 e. The Hall–Kier alpha value is -2.29. The highest BCUT2D eigenvalue weighted by Gasteiger charge is 2.36. The summed E-state index contributed by atoms with van der Waals surface area (Å²) in [6.07, 6.45) is 2.42. The van der Waals surface area contributed by atoms with E-state index >= 15 is 0 Å². The number of primary amides is 1. The highest BCUT2D eigenvalue weighted by molar-refractivity contribution is 7.92. The number of hydrogen-bond donors (Lipinski definition) is 1. The van der Waals surface area contributed by atoms with Gasteiger partial charge in [0.1, 0.15) is 11.8 Å². The first-order valence-electron chi connectivity index (χ1n) is 9.49. The summed E-state index contributed by atoms with van der Waals surface area (Å²) in [5.74, 6) is -0.218. The number of amides is 2. The second kappa shape index (κ2) is 9.27. The number of hydrogen-bond acceptors (Lipinski definition) is 5. The van der Waals surface area contributed by atoms with Gasteiger partial charge in [-0.25, -0.2) is 8.42 Å². The minimum atomic E-state index is -3.69. The molecule has 0 unspecified atom stereocenters. The minimum absolute atomic E-state index is 0.235. The van der Waals surface area contributed by atoms with Crippen LogP contribution < -0.4 is 14.8 Å². The molecule has 1 fully saturated rings. The third kappa shape index (κ3) is 5.15. The highest BCUT2D eigenvalue weighted by Crippen LogP contribution is 2.27. The predicted molar refractivity (Wildman–Crippen MR) is 108 cm³/mol. The van der Waals surface area contributed by atoms with Crippen molar-refractivity contribution >= 4 is 27.5 Å². The molecule has 2 amide bonds. The monoisotopic (exact) mass is 411 g/mol. The van der Waals surface area contributed by atoms with Crippen LogP contribution in [-0.4, -0.2) is 57.1 Å². The van der Waals surface area contributed by atoms with Crippen LogP contribution >= 0.6 is 0 Å². The SMILES string of the molecule is CCOc1ccc(N([C@@H](CC)C(=O)N2CCC(C(N)=O)CC2)S(C)(=O)=O)cc1. The summed E-state index contributed by atoms with van der Waals surface area (Å²) >= 11 is 0. The van der Waals surface area contributed by atoms with Crippen LogP contribution in [0.15, 0.2) is 24.3 Å². The number of benzene rings is 1. The molecule has 1 aliphatic rings.